The zero-order chi connectivity index (χ0) is 29.9. The molecule has 2 aliphatic rings. The van der Waals surface area contributed by atoms with E-state index in [4.69, 9.17) is 14.5 Å². The van der Waals surface area contributed by atoms with Crippen LogP contribution >= 0.6 is 0 Å². The minimum absolute atomic E-state index is 0.251. The zero-order valence-corrected chi connectivity index (χ0v) is 24.4. The van der Waals surface area contributed by atoms with Crippen LogP contribution < -0.4 is 16.1 Å². The first-order valence-electron chi connectivity index (χ1n) is 13.9. The van der Waals surface area contributed by atoms with Crippen molar-refractivity contribution in [2.45, 2.75) is 77.8 Å². The molecule has 1 fully saturated rings. The lowest BCUT2D eigenvalue weighted by Gasteiger charge is -2.35. The number of nitrogens with one attached hydrogen (secondary N) is 3. The molecule has 0 radical (unpaired) electrons. The molecule has 0 spiro atoms. The Morgan fingerprint density at radius 1 is 1.05 bits per heavy atom. The molecule has 0 unspecified atom stereocenters. The van der Waals surface area contributed by atoms with Crippen LogP contribution in [0.15, 0.2) is 36.4 Å². The molecule has 2 aliphatic heterocycles. The third kappa shape index (κ3) is 6.91. The molecular formula is C30H39N5O6. The standard InChI is InChI=1S/C30H39N5O6/c1-17-22-12-11-21-10-9-20(16-24(21)33-22)13-14-30(4,5)29(39)41-25(19(3)40-6)27(37)32-18(2)28(38)35-15-7-8-23(34-35)26(36)31-17/h9-14,16-19,23,25,34H,7-8,15H2,1-6H3,(H,31,36)(H,32,37)/t17-,18+,19+,23+,25+/m1/s1. The minimum atomic E-state index is -1.29. The smallest absolute Gasteiger partial charge is 0.316 e. The topological polar surface area (TPSA) is 139 Å². The Kier molecular flexibility index (Phi) is 9.08. The third-order valence-corrected chi connectivity index (χ3v) is 7.55. The number of hydrogen-bond acceptors (Lipinski definition) is 8. The molecular weight excluding hydrogens is 526 g/mol. The van der Waals surface area contributed by atoms with Crippen molar-refractivity contribution in [1.29, 1.82) is 0 Å². The predicted molar refractivity (Wildman–Crippen MR) is 153 cm³/mol. The quantitative estimate of drug-likeness (QED) is 0.472. The van der Waals surface area contributed by atoms with Gasteiger partial charge in [-0.25, -0.2) is 5.43 Å². The van der Waals surface area contributed by atoms with E-state index in [9.17, 15) is 19.2 Å². The van der Waals surface area contributed by atoms with Crippen LogP contribution in [0.4, 0.5) is 0 Å². The molecule has 1 saturated heterocycles. The number of ether oxygens (including phenoxy) is 2. The fourth-order valence-corrected chi connectivity index (χ4v) is 4.73. The number of carbonyl (C=O) groups excluding carboxylic acids is 4. The van der Waals surface area contributed by atoms with Crippen molar-refractivity contribution in [1.82, 2.24) is 26.1 Å². The van der Waals surface area contributed by atoms with Crippen LogP contribution in [0.3, 0.4) is 0 Å². The van der Waals surface area contributed by atoms with Crippen molar-refractivity contribution in [3.8, 4) is 0 Å². The Bertz CT molecular complexity index is 1360. The zero-order valence-electron chi connectivity index (χ0n) is 24.4. The number of hydrogen-bond donors (Lipinski definition) is 3. The van der Waals surface area contributed by atoms with Crippen molar-refractivity contribution in [3.63, 3.8) is 0 Å². The van der Waals surface area contributed by atoms with Crippen LogP contribution in [0.2, 0.25) is 0 Å². The number of carbonyl (C=O) groups is 4. The van der Waals surface area contributed by atoms with Gasteiger partial charge in [-0.3, -0.25) is 29.2 Å². The summed E-state index contributed by atoms with van der Waals surface area (Å²) in [4.78, 5) is 57.6. The molecule has 0 saturated carbocycles. The number of rotatable bonds is 2. The average Bonchev–Trinajstić information content (AvgIpc) is 2.96. The number of cyclic esters (lactones) is 1. The molecule has 5 atom stereocenters. The average molecular weight is 566 g/mol. The highest BCUT2D eigenvalue weighted by molar-refractivity contribution is 5.92. The van der Waals surface area contributed by atoms with Gasteiger partial charge < -0.3 is 20.1 Å². The number of esters is 1. The van der Waals surface area contributed by atoms with Gasteiger partial charge in [0.15, 0.2) is 0 Å². The van der Waals surface area contributed by atoms with E-state index in [1.807, 2.05) is 37.3 Å². The predicted octanol–water partition coefficient (Wildman–Crippen LogP) is 2.41. The van der Waals surface area contributed by atoms with Crippen LogP contribution in [0.25, 0.3) is 17.0 Å². The fraction of sp³-hybridized carbons (Fsp3) is 0.500. The molecule has 0 aliphatic carbocycles. The van der Waals surface area contributed by atoms with Gasteiger partial charge in [0.25, 0.3) is 11.8 Å². The Balaban J connectivity index is 1.71. The van der Waals surface area contributed by atoms with E-state index in [1.165, 1.54) is 12.1 Å². The van der Waals surface area contributed by atoms with Crippen LogP contribution in [0.5, 0.6) is 0 Å². The summed E-state index contributed by atoms with van der Waals surface area (Å²) in [6.07, 6.45) is 2.60. The lowest BCUT2D eigenvalue weighted by Crippen LogP contribution is -2.61. The van der Waals surface area contributed by atoms with E-state index in [2.05, 4.69) is 16.1 Å². The number of nitrogens with zero attached hydrogens (tertiary/aromatic N) is 2. The summed E-state index contributed by atoms with van der Waals surface area (Å²) in [6.45, 7) is 8.78. The number of aromatic nitrogens is 1. The summed E-state index contributed by atoms with van der Waals surface area (Å²) in [5.74, 6) is -1.95. The summed E-state index contributed by atoms with van der Waals surface area (Å²) in [6, 6.07) is 7.64. The summed E-state index contributed by atoms with van der Waals surface area (Å²) < 4.78 is 11.0. The Morgan fingerprint density at radius 2 is 1.76 bits per heavy atom. The number of pyridine rings is 1. The maximum absolute atomic E-state index is 13.2. The highest BCUT2D eigenvalue weighted by atomic mass is 16.6. The second kappa shape index (κ2) is 12.4. The van der Waals surface area contributed by atoms with Crippen LogP contribution in [-0.4, -0.2) is 71.6 Å². The van der Waals surface area contributed by atoms with Crippen molar-refractivity contribution < 1.29 is 28.7 Å². The molecule has 220 valence electrons. The van der Waals surface area contributed by atoms with Gasteiger partial charge in [-0.05, 0) is 65.2 Å². The minimum Gasteiger partial charge on any atom is -0.449 e. The number of methoxy groups -OCH3 is 1. The van der Waals surface area contributed by atoms with Gasteiger partial charge in [0.05, 0.1) is 22.7 Å². The highest BCUT2D eigenvalue weighted by Crippen LogP contribution is 2.25. The van der Waals surface area contributed by atoms with Crippen LogP contribution in [0, 0.1) is 5.41 Å². The van der Waals surface area contributed by atoms with Gasteiger partial charge in [-0.1, -0.05) is 30.4 Å². The van der Waals surface area contributed by atoms with E-state index in [1.54, 1.807) is 39.8 Å². The van der Waals surface area contributed by atoms with Crippen molar-refractivity contribution in [2.75, 3.05) is 13.7 Å². The molecule has 11 nitrogen and oxygen atoms in total. The molecule has 11 heteroatoms. The largest absolute Gasteiger partial charge is 0.449 e. The highest BCUT2D eigenvalue weighted by Gasteiger charge is 2.37. The van der Waals surface area contributed by atoms with Crippen LogP contribution in [-0.2, 0) is 28.7 Å². The van der Waals surface area contributed by atoms with Crippen LogP contribution in [0.1, 0.15) is 64.8 Å². The summed E-state index contributed by atoms with van der Waals surface area (Å²) >= 11 is 0. The first kappa shape index (κ1) is 30.1. The summed E-state index contributed by atoms with van der Waals surface area (Å²) in [7, 11) is 1.41. The van der Waals surface area contributed by atoms with Gasteiger partial charge >= 0.3 is 5.97 Å². The second-order valence-corrected chi connectivity index (χ2v) is 11.3. The van der Waals surface area contributed by atoms with Gasteiger partial charge in [-0.15, -0.1) is 0 Å². The van der Waals surface area contributed by atoms with E-state index in [0.717, 1.165) is 16.5 Å². The number of amides is 3. The fourth-order valence-electron chi connectivity index (χ4n) is 4.73. The van der Waals surface area contributed by atoms with Gasteiger partial charge in [-0.2, -0.15) is 0 Å². The Hall–Kier alpha value is -3.83. The molecule has 41 heavy (non-hydrogen) atoms. The van der Waals surface area contributed by atoms with Gasteiger partial charge in [0, 0.05) is 19.0 Å². The molecule has 1 aromatic heterocycles. The van der Waals surface area contributed by atoms with Crippen molar-refractivity contribution in [2.24, 2.45) is 5.41 Å². The molecule has 2 aromatic rings. The first-order chi connectivity index (χ1) is 19.4. The van der Waals surface area contributed by atoms with Gasteiger partial charge in [0.1, 0.15) is 18.2 Å². The maximum atomic E-state index is 13.2. The SMILES string of the molecule is CO[C@@H](C)[C@@H]1OC(=O)C(C)(C)C=Cc2ccc3ccc(nc3c2)[C@@H](C)NC(=O)[C@@H]2CCCN(N2)C(=O)[C@H](C)NC1=O. The van der Waals surface area contributed by atoms with E-state index < -0.39 is 47.5 Å². The van der Waals surface area contributed by atoms with E-state index in [0.29, 0.717) is 25.1 Å². The second-order valence-electron chi connectivity index (χ2n) is 11.3. The number of benzene rings is 1. The molecule has 3 N–H and O–H groups in total. The normalized spacial score (nSPS) is 26.7. The van der Waals surface area contributed by atoms with E-state index in [-0.39, 0.29) is 11.9 Å². The molecule has 3 amide bonds. The molecule has 3 heterocycles. The maximum Gasteiger partial charge on any atom is 0.316 e. The summed E-state index contributed by atoms with van der Waals surface area (Å²) in [5.41, 5.74) is 4.18. The Morgan fingerprint density at radius 3 is 2.49 bits per heavy atom. The summed E-state index contributed by atoms with van der Waals surface area (Å²) in [5, 5.41) is 7.94. The van der Waals surface area contributed by atoms with Crippen molar-refractivity contribution >= 4 is 40.7 Å². The lowest BCUT2D eigenvalue weighted by atomic mass is 9.92. The first-order valence-corrected chi connectivity index (χ1v) is 13.9. The number of fused-ring (bicyclic) bond motifs is 4. The van der Waals surface area contributed by atoms with E-state index >= 15 is 0 Å². The lowest BCUT2D eigenvalue weighted by molar-refractivity contribution is -0.170. The molecule has 4 rings (SSSR count). The Labute approximate surface area is 240 Å². The molecule has 5 bridgehead atoms. The van der Waals surface area contributed by atoms with Gasteiger partial charge in [0.2, 0.25) is 12.0 Å². The third-order valence-electron chi connectivity index (χ3n) is 7.55. The number of hydrazine groups is 1. The monoisotopic (exact) mass is 565 g/mol. The van der Waals surface area contributed by atoms with Crippen molar-refractivity contribution in [3.05, 3.63) is 47.7 Å². The molecule has 1 aromatic carbocycles.